The Hall–Kier alpha value is -1.31. The van der Waals surface area contributed by atoms with E-state index >= 15 is 0 Å². The van der Waals surface area contributed by atoms with E-state index in [1.54, 1.807) is 0 Å². The molecule has 1 unspecified atom stereocenters. The van der Waals surface area contributed by atoms with Crippen molar-refractivity contribution < 1.29 is 0 Å². The van der Waals surface area contributed by atoms with Crippen LogP contribution in [0.3, 0.4) is 0 Å². The van der Waals surface area contributed by atoms with Crippen molar-refractivity contribution in [2.45, 2.75) is 45.1 Å². The van der Waals surface area contributed by atoms with Crippen molar-refractivity contribution in [1.82, 2.24) is 0 Å². The third-order valence-corrected chi connectivity index (χ3v) is 3.88. The quantitative estimate of drug-likeness (QED) is 0.697. The molecule has 2 rings (SSSR count). The van der Waals surface area contributed by atoms with Crippen LogP contribution in [0.4, 0.5) is 0 Å². The first-order chi connectivity index (χ1) is 9.79. The zero-order valence-corrected chi connectivity index (χ0v) is 13.6. The molecule has 0 aliphatic carbocycles. The van der Waals surface area contributed by atoms with Gasteiger partial charge in [-0.15, -0.1) is 12.4 Å². The lowest BCUT2D eigenvalue weighted by atomic mass is 10.0. The van der Waals surface area contributed by atoms with E-state index in [2.05, 4.69) is 61.5 Å². The lowest BCUT2D eigenvalue weighted by Gasteiger charge is -2.08. The fourth-order valence-electron chi connectivity index (χ4n) is 2.43. The number of benzene rings is 2. The Bertz CT molecular complexity index is 493. The minimum absolute atomic E-state index is 0. The summed E-state index contributed by atoms with van der Waals surface area (Å²) in [6.45, 7) is 2.16. The maximum Gasteiger partial charge on any atom is 0.00362 e. The molecule has 0 bridgehead atoms. The topological polar surface area (TPSA) is 26.0 Å². The predicted molar refractivity (Wildman–Crippen MR) is 94.9 cm³/mol. The van der Waals surface area contributed by atoms with Gasteiger partial charge in [-0.1, -0.05) is 67.9 Å². The zero-order valence-electron chi connectivity index (χ0n) is 12.8. The normalized spacial score (nSPS) is 11.7. The van der Waals surface area contributed by atoms with E-state index in [1.807, 2.05) is 0 Å². The maximum atomic E-state index is 5.94. The third-order valence-electron chi connectivity index (χ3n) is 3.88. The van der Waals surface area contributed by atoms with Crippen LogP contribution in [0.1, 0.15) is 38.2 Å². The fraction of sp³-hybridized carbons (Fsp3) is 0.368. The highest BCUT2D eigenvalue weighted by Crippen LogP contribution is 2.20. The molecule has 0 spiro atoms. The monoisotopic (exact) mass is 303 g/mol. The van der Waals surface area contributed by atoms with Gasteiger partial charge in [0.15, 0.2) is 0 Å². The Morgan fingerprint density at radius 2 is 1.48 bits per heavy atom. The average Bonchev–Trinajstić information content (AvgIpc) is 2.52. The summed E-state index contributed by atoms with van der Waals surface area (Å²) in [7, 11) is 0. The summed E-state index contributed by atoms with van der Waals surface area (Å²) < 4.78 is 0. The number of aryl methyl sites for hydroxylation is 1. The van der Waals surface area contributed by atoms with Crippen molar-refractivity contribution in [2.75, 3.05) is 0 Å². The van der Waals surface area contributed by atoms with E-state index in [9.17, 15) is 0 Å². The minimum Gasteiger partial charge on any atom is -0.328 e. The summed E-state index contributed by atoms with van der Waals surface area (Å²) in [5.74, 6) is 0. The number of unbranched alkanes of at least 4 members (excludes halogenated alkanes) is 1. The van der Waals surface area contributed by atoms with Crippen LogP contribution in [0.2, 0.25) is 0 Å². The van der Waals surface area contributed by atoms with E-state index in [0.29, 0.717) is 6.04 Å². The smallest absolute Gasteiger partial charge is 0.00362 e. The number of hydrogen-bond acceptors (Lipinski definition) is 1. The number of halogens is 1. The molecule has 21 heavy (non-hydrogen) atoms. The van der Waals surface area contributed by atoms with Crippen LogP contribution in [0, 0.1) is 0 Å². The second kappa shape index (κ2) is 9.59. The van der Waals surface area contributed by atoms with Gasteiger partial charge >= 0.3 is 0 Å². The molecule has 0 fully saturated rings. The molecule has 0 aliphatic heterocycles. The van der Waals surface area contributed by atoms with E-state index in [0.717, 1.165) is 19.3 Å². The minimum atomic E-state index is 0. The molecule has 0 radical (unpaired) electrons. The lowest BCUT2D eigenvalue weighted by Crippen LogP contribution is -2.17. The summed E-state index contributed by atoms with van der Waals surface area (Å²) in [5, 5.41) is 0. The van der Waals surface area contributed by atoms with Crippen molar-refractivity contribution in [3.8, 4) is 11.1 Å². The molecule has 0 saturated heterocycles. The van der Waals surface area contributed by atoms with Gasteiger partial charge in [0.2, 0.25) is 0 Å². The van der Waals surface area contributed by atoms with E-state index in [4.69, 9.17) is 5.73 Å². The van der Waals surface area contributed by atoms with Crippen LogP contribution in [-0.2, 0) is 6.42 Å². The molecule has 0 aromatic heterocycles. The van der Waals surface area contributed by atoms with Crippen molar-refractivity contribution >= 4 is 12.4 Å². The van der Waals surface area contributed by atoms with Gasteiger partial charge in [-0.3, -0.25) is 0 Å². The highest BCUT2D eigenvalue weighted by atomic mass is 35.5. The van der Waals surface area contributed by atoms with E-state index in [1.165, 1.54) is 29.5 Å². The summed E-state index contributed by atoms with van der Waals surface area (Å²) in [6.07, 6.45) is 5.86. The van der Waals surface area contributed by atoms with Gasteiger partial charge in [-0.05, 0) is 42.4 Å². The molecule has 1 atom stereocenters. The average molecular weight is 304 g/mol. The van der Waals surface area contributed by atoms with Crippen molar-refractivity contribution in [3.05, 3.63) is 60.2 Å². The van der Waals surface area contributed by atoms with Crippen LogP contribution in [0.15, 0.2) is 54.6 Å². The van der Waals surface area contributed by atoms with Crippen LogP contribution < -0.4 is 5.73 Å². The SMILES string of the molecule is CCC(N)CCCCc1ccc(-c2ccccc2)cc1.Cl. The van der Waals surface area contributed by atoms with E-state index in [-0.39, 0.29) is 12.4 Å². The Labute approximate surface area is 135 Å². The van der Waals surface area contributed by atoms with E-state index < -0.39 is 0 Å². The second-order valence-corrected chi connectivity index (χ2v) is 5.48. The summed E-state index contributed by atoms with van der Waals surface area (Å²) in [6, 6.07) is 19.9. The first kappa shape index (κ1) is 17.7. The van der Waals surface area contributed by atoms with Crippen LogP contribution in [0.5, 0.6) is 0 Å². The summed E-state index contributed by atoms with van der Waals surface area (Å²) in [4.78, 5) is 0. The van der Waals surface area contributed by atoms with Crippen molar-refractivity contribution in [2.24, 2.45) is 5.73 Å². The number of nitrogens with two attached hydrogens (primary N) is 1. The second-order valence-electron chi connectivity index (χ2n) is 5.48. The summed E-state index contributed by atoms with van der Waals surface area (Å²) in [5.41, 5.74) is 9.94. The molecular formula is C19H26ClN. The van der Waals surface area contributed by atoms with Gasteiger partial charge in [-0.2, -0.15) is 0 Å². The van der Waals surface area contributed by atoms with Crippen LogP contribution in [0.25, 0.3) is 11.1 Å². The highest BCUT2D eigenvalue weighted by molar-refractivity contribution is 5.85. The fourth-order valence-corrected chi connectivity index (χ4v) is 2.43. The van der Waals surface area contributed by atoms with Crippen molar-refractivity contribution in [3.63, 3.8) is 0 Å². The van der Waals surface area contributed by atoms with Gasteiger partial charge < -0.3 is 5.73 Å². The van der Waals surface area contributed by atoms with Gasteiger partial charge in [0.1, 0.15) is 0 Å². The molecular weight excluding hydrogens is 278 g/mol. The standard InChI is InChI=1S/C19H25N.ClH/c1-2-19(20)11-7-6-8-16-12-14-18(15-13-16)17-9-4-3-5-10-17;/h3-5,9-10,12-15,19H,2,6-8,11,20H2,1H3;1H. The Kier molecular flexibility index (Phi) is 8.11. The van der Waals surface area contributed by atoms with Gasteiger partial charge in [-0.25, -0.2) is 0 Å². The first-order valence-electron chi connectivity index (χ1n) is 7.69. The zero-order chi connectivity index (χ0) is 14.2. The highest BCUT2D eigenvalue weighted by Gasteiger charge is 2.00. The Morgan fingerprint density at radius 1 is 0.857 bits per heavy atom. The molecule has 1 nitrogen and oxygen atoms in total. The molecule has 2 N–H and O–H groups in total. The number of hydrogen-bond donors (Lipinski definition) is 1. The molecule has 2 aromatic rings. The first-order valence-corrected chi connectivity index (χ1v) is 7.69. The molecule has 114 valence electrons. The molecule has 2 heteroatoms. The largest absolute Gasteiger partial charge is 0.328 e. The van der Waals surface area contributed by atoms with Gasteiger partial charge in [0.25, 0.3) is 0 Å². The Balaban J connectivity index is 0.00000220. The maximum absolute atomic E-state index is 5.94. The predicted octanol–water partition coefficient (Wildman–Crippen LogP) is 5.23. The Morgan fingerprint density at radius 3 is 2.10 bits per heavy atom. The number of rotatable bonds is 7. The van der Waals surface area contributed by atoms with Gasteiger partial charge in [0.05, 0.1) is 0 Å². The lowest BCUT2D eigenvalue weighted by molar-refractivity contribution is 0.551. The molecule has 0 heterocycles. The molecule has 0 amide bonds. The van der Waals surface area contributed by atoms with Crippen LogP contribution >= 0.6 is 12.4 Å². The summed E-state index contributed by atoms with van der Waals surface area (Å²) >= 11 is 0. The van der Waals surface area contributed by atoms with Crippen LogP contribution in [-0.4, -0.2) is 6.04 Å². The molecule has 0 aliphatic rings. The van der Waals surface area contributed by atoms with Crippen molar-refractivity contribution in [1.29, 1.82) is 0 Å². The molecule has 0 saturated carbocycles. The molecule has 2 aromatic carbocycles. The van der Waals surface area contributed by atoms with Gasteiger partial charge in [0, 0.05) is 6.04 Å². The third kappa shape index (κ3) is 5.91.